The molecule has 0 aliphatic carbocycles. The van der Waals surface area contributed by atoms with Crippen molar-refractivity contribution in [3.63, 3.8) is 0 Å². The van der Waals surface area contributed by atoms with Crippen LogP contribution < -0.4 is 14.8 Å². The minimum absolute atomic E-state index is 0.123. The molecule has 1 aliphatic heterocycles. The van der Waals surface area contributed by atoms with Crippen molar-refractivity contribution in [1.29, 1.82) is 0 Å². The van der Waals surface area contributed by atoms with E-state index in [0.717, 1.165) is 34.2 Å². The molecule has 2 aromatic carbocycles. The van der Waals surface area contributed by atoms with E-state index in [1.165, 1.54) is 12.1 Å². The number of halogens is 1. The molecule has 1 amide bonds. The molecule has 1 aliphatic rings. The van der Waals surface area contributed by atoms with Crippen LogP contribution in [0.25, 0.3) is 16.7 Å². The molecule has 0 fully saturated rings. The molecule has 0 radical (unpaired) electrons. The Bertz CT molecular complexity index is 918. The number of nitrogens with one attached hydrogen (secondary N) is 1. The SMILES string of the molecule is CCCNC(=O)/C(C)=C(\C)c1cc(F)cc(-c2ccc3c(c2)OCO3)c1C. The highest BCUT2D eigenvalue weighted by Crippen LogP contribution is 2.38. The number of allylic oxidation sites excluding steroid dienone is 1. The average molecular weight is 369 g/mol. The Balaban J connectivity index is 2.05. The lowest BCUT2D eigenvalue weighted by atomic mass is 9.91. The van der Waals surface area contributed by atoms with Crippen LogP contribution in [0.3, 0.4) is 0 Å². The zero-order chi connectivity index (χ0) is 19.6. The van der Waals surface area contributed by atoms with Gasteiger partial charge in [0, 0.05) is 12.1 Å². The molecule has 0 saturated carbocycles. The molecule has 0 atom stereocenters. The molecule has 0 saturated heterocycles. The molecule has 0 bridgehead atoms. The first-order valence-corrected chi connectivity index (χ1v) is 9.08. The molecule has 142 valence electrons. The smallest absolute Gasteiger partial charge is 0.247 e. The zero-order valence-electron chi connectivity index (χ0n) is 16.1. The van der Waals surface area contributed by atoms with Crippen LogP contribution in [0.5, 0.6) is 11.5 Å². The Morgan fingerprint density at radius 3 is 2.63 bits per heavy atom. The van der Waals surface area contributed by atoms with Gasteiger partial charge in [0.1, 0.15) is 5.82 Å². The fourth-order valence-electron chi connectivity index (χ4n) is 3.18. The Morgan fingerprint density at radius 2 is 1.89 bits per heavy atom. The van der Waals surface area contributed by atoms with Gasteiger partial charge in [-0.25, -0.2) is 4.39 Å². The van der Waals surface area contributed by atoms with Gasteiger partial charge in [0.05, 0.1) is 0 Å². The van der Waals surface area contributed by atoms with Crippen molar-refractivity contribution in [2.75, 3.05) is 13.3 Å². The van der Waals surface area contributed by atoms with E-state index >= 15 is 0 Å². The second-order valence-corrected chi connectivity index (χ2v) is 6.70. The maximum atomic E-state index is 14.4. The predicted octanol–water partition coefficient (Wildman–Crippen LogP) is 4.85. The van der Waals surface area contributed by atoms with Crippen molar-refractivity contribution < 1.29 is 18.7 Å². The summed E-state index contributed by atoms with van der Waals surface area (Å²) in [7, 11) is 0. The molecule has 0 unspecified atom stereocenters. The van der Waals surface area contributed by atoms with Crippen molar-refractivity contribution in [3.05, 3.63) is 52.8 Å². The Labute approximate surface area is 159 Å². The Morgan fingerprint density at radius 1 is 1.15 bits per heavy atom. The number of benzene rings is 2. The van der Waals surface area contributed by atoms with Gasteiger partial charge in [-0.15, -0.1) is 0 Å². The van der Waals surface area contributed by atoms with Crippen molar-refractivity contribution in [2.24, 2.45) is 0 Å². The first-order chi connectivity index (χ1) is 12.9. The maximum absolute atomic E-state index is 14.4. The van der Waals surface area contributed by atoms with Gasteiger partial charge in [0.15, 0.2) is 11.5 Å². The lowest BCUT2D eigenvalue weighted by molar-refractivity contribution is -0.117. The average Bonchev–Trinajstić information content (AvgIpc) is 3.14. The maximum Gasteiger partial charge on any atom is 0.247 e. The van der Waals surface area contributed by atoms with Gasteiger partial charge in [-0.1, -0.05) is 13.0 Å². The second-order valence-electron chi connectivity index (χ2n) is 6.70. The van der Waals surface area contributed by atoms with Crippen LogP contribution in [0.15, 0.2) is 35.9 Å². The molecule has 0 spiro atoms. The zero-order valence-corrected chi connectivity index (χ0v) is 16.1. The highest BCUT2D eigenvalue weighted by Gasteiger charge is 2.18. The normalized spacial score (nSPS) is 13.4. The predicted molar refractivity (Wildman–Crippen MR) is 104 cm³/mol. The quantitative estimate of drug-likeness (QED) is 0.767. The minimum atomic E-state index is -0.343. The van der Waals surface area contributed by atoms with Gasteiger partial charge in [-0.3, -0.25) is 4.79 Å². The molecule has 3 rings (SSSR count). The minimum Gasteiger partial charge on any atom is -0.454 e. The van der Waals surface area contributed by atoms with E-state index in [4.69, 9.17) is 9.47 Å². The molecule has 4 nitrogen and oxygen atoms in total. The molecule has 0 aromatic heterocycles. The van der Waals surface area contributed by atoms with E-state index in [1.54, 1.807) is 6.92 Å². The van der Waals surface area contributed by atoms with Crippen LogP contribution in [-0.2, 0) is 4.79 Å². The summed E-state index contributed by atoms with van der Waals surface area (Å²) >= 11 is 0. The van der Waals surface area contributed by atoms with Gasteiger partial charge in [-0.2, -0.15) is 0 Å². The monoisotopic (exact) mass is 369 g/mol. The summed E-state index contributed by atoms with van der Waals surface area (Å²) in [5.41, 5.74) is 4.61. The summed E-state index contributed by atoms with van der Waals surface area (Å²) in [6.45, 7) is 8.38. The third-order valence-electron chi connectivity index (χ3n) is 4.90. The van der Waals surface area contributed by atoms with E-state index in [1.807, 2.05) is 39.0 Å². The number of hydrogen-bond acceptors (Lipinski definition) is 3. The van der Waals surface area contributed by atoms with Crippen molar-refractivity contribution in [3.8, 4) is 22.6 Å². The topological polar surface area (TPSA) is 47.6 Å². The number of fused-ring (bicyclic) bond motifs is 1. The lowest BCUT2D eigenvalue weighted by Crippen LogP contribution is -2.25. The molecule has 1 heterocycles. The first kappa shape index (κ1) is 19.0. The number of carbonyl (C=O) groups excluding carboxylic acids is 1. The summed E-state index contributed by atoms with van der Waals surface area (Å²) in [6.07, 6.45) is 0.866. The van der Waals surface area contributed by atoms with E-state index in [-0.39, 0.29) is 18.5 Å². The second kappa shape index (κ2) is 7.82. The molecule has 27 heavy (non-hydrogen) atoms. The fraction of sp³-hybridized carbons (Fsp3) is 0.318. The third-order valence-corrected chi connectivity index (χ3v) is 4.90. The fourth-order valence-corrected chi connectivity index (χ4v) is 3.18. The van der Waals surface area contributed by atoms with Gasteiger partial charge in [0.2, 0.25) is 12.7 Å². The molecular weight excluding hydrogens is 345 g/mol. The highest BCUT2D eigenvalue weighted by atomic mass is 19.1. The van der Waals surface area contributed by atoms with Crippen LogP contribution in [0.4, 0.5) is 4.39 Å². The van der Waals surface area contributed by atoms with Gasteiger partial charge >= 0.3 is 0 Å². The molecular formula is C22H24FNO3. The Hall–Kier alpha value is -2.82. The molecule has 2 aromatic rings. The van der Waals surface area contributed by atoms with Crippen LogP contribution >= 0.6 is 0 Å². The van der Waals surface area contributed by atoms with Gasteiger partial charge in [0.25, 0.3) is 0 Å². The van der Waals surface area contributed by atoms with Crippen molar-refractivity contribution in [1.82, 2.24) is 5.32 Å². The lowest BCUT2D eigenvalue weighted by Gasteiger charge is -2.15. The molecule has 5 heteroatoms. The van der Waals surface area contributed by atoms with Crippen molar-refractivity contribution >= 4 is 11.5 Å². The van der Waals surface area contributed by atoms with Crippen LogP contribution in [0.2, 0.25) is 0 Å². The number of ether oxygens (including phenoxy) is 2. The number of carbonyl (C=O) groups is 1. The summed E-state index contributed by atoms with van der Waals surface area (Å²) in [4.78, 5) is 12.3. The summed E-state index contributed by atoms with van der Waals surface area (Å²) < 4.78 is 25.2. The summed E-state index contributed by atoms with van der Waals surface area (Å²) in [5, 5.41) is 2.87. The van der Waals surface area contributed by atoms with E-state index in [0.29, 0.717) is 23.6 Å². The van der Waals surface area contributed by atoms with Crippen LogP contribution in [0.1, 0.15) is 38.3 Å². The number of amides is 1. The summed E-state index contributed by atoms with van der Waals surface area (Å²) in [6, 6.07) is 8.56. The van der Waals surface area contributed by atoms with Crippen LogP contribution in [-0.4, -0.2) is 19.2 Å². The first-order valence-electron chi connectivity index (χ1n) is 9.08. The van der Waals surface area contributed by atoms with E-state index < -0.39 is 0 Å². The highest BCUT2D eigenvalue weighted by molar-refractivity contribution is 6.00. The number of rotatable bonds is 5. The van der Waals surface area contributed by atoms with E-state index in [9.17, 15) is 9.18 Å². The largest absolute Gasteiger partial charge is 0.454 e. The van der Waals surface area contributed by atoms with E-state index in [2.05, 4.69) is 5.32 Å². The summed E-state index contributed by atoms with van der Waals surface area (Å²) in [5.74, 6) is 0.875. The van der Waals surface area contributed by atoms with Crippen LogP contribution in [0, 0.1) is 12.7 Å². The van der Waals surface area contributed by atoms with Gasteiger partial charge < -0.3 is 14.8 Å². The standard InChI is InChI=1S/C22H24FNO3/c1-5-8-24-22(25)14(3)13(2)18-10-17(23)11-19(15(18)4)16-6-7-20-21(9-16)27-12-26-20/h6-7,9-11H,5,8,12H2,1-4H3,(H,24,25)/b14-13+. The third kappa shape index (κ3) is 3.82. The molecule has 1 N–H and O–H groups in total. The van der Waals surface area contributed by atoms with Gasteiger partial charge in [-0.05, 0) is 79.3 Å². The number of hydrogen-bond donors (Lipinski definition) is 1. The van der Waals surface area contributed by atoms with Crippen molar-refractivity contribution in [2.45, 2.75) is 34.1 Å². The Kier molecular flexibility index (Phi) is 5.49.